The van der Waals surface area contributed by atoms with Gasteiger partial charge in [0.2, 0.25) is 0 Å². The molecule has 0 amide bonds. The third-order valence-corrected chi connectivity index (χ3v) is 3.91. The van der Waals surface area contributed by atoms with Crippen LogP contribution in [0.5, 0.6) is 0 Å². The number of nitrogens with zero attached hydrogens (tertiary/aromatic N) is 1. The van der Waals surface area contributed by atoms with E-state index in [-0.39, 0.29) is 12.1 Å². The third kappa shape index (κ3) is 6.78. The van der Waals surface area contributed by atoms with Crippen LogP contribution < -0.4 is 4.90 Å². The first kappa shape index (κ1) is 21.1. The van der Waals surface area contributed by atoms with E-state index in [2.05, 4.69) is 0 Å². The van der Waals surface area contributed by atoms with E-state index in [0.29, 0.717) is 11.3 Å². The normalized spacial score (nSPS) is 13.5. The summed E-state index contributed by atoms with van der Waals surface area (Å²) in [4.78, 5) is 1.30. The van der Waals surface area contributed by atoms with E-state index in [1.54, 1.807) is 37.3 Å². The quantitative estimate of drug-likeness (QED) is 0.699. The summed E-state index contributed by atoms with van der Waals surface area (Å²) in [7, 11) is 0. The number of alkyl halides is 6. The molecular weight excluding hydrogens is 372 g/mol. The summed E-state index contributed by atoms with van der Waals surface area (Å²) in [6, 6.07) is 12.3. The van der Waals surface area contributed by atoms with Gasteiger partial charge in [-0.25, -0.2) is 0 Å². The molecule has 2 nitrogen and oxygen atoms in total. The second-order valence-corrected chi connectivity index (χ2v) is 6.39. The maximum Gasteiger partial charge on any atom is 0.416 e. The molecule has 0 saturated carbocycles. The Kier molecular flexibility index (Phi) is 6.41. The van der Waals surface area contributed by atoms with Crippen LogP contribution in [0.4, 0.5) is 32.0 Å². The number of hydrogen-bond acceptors (Lipinski definition) is 2. The Bertz CT molecular complexity index is 756. The lowest BCUT2D eigenvalue weighted by atomic mass is 10.1. The first-order valence-corrected chi connectivity index (χ1v) is 8.15. The van der Waals surface area contributed by atoms with E-state index >= 15 is 0 Å². The molecule has 0 fully saturated rings. The standard InChI is InChI=1S/C19H19F6NO/c1-13-4-2-7-16(8-13)26(12-17(27)19(23,24)25)11-15-6-3-5-14(9-15)10-18(20,21)22/h2-9,17,27H,10-12H2,1H3/t17-/m1/s1. The molecule has 1 atom stereocenters. The smallest absolute Gasteiger partial charge is 0.382 e. The van der Waals surface area contributed by atoms with Crippen LogP contribution in [0.1, 0.15) is 16.7 Å². The van der Waals surface area contributed by atoms with Crippen molar-refractivity contribution < 1.29 is 31.4 Å². The number of halogens is 6. The first-order valence-electron chi connectivity index (χ1n) is 8.15. The zero-order valence-electron chi connectivity index (χ0n) is 14.5. The van der Waals surface area contributed by atoms with Crippen molar-refractivity contribution in [2.75, 3.05) is 11.4 Å². The molecule has 0 unspecified atom stereocenters. The van der Waals surface area contributed by atoms with Crippen LogP contribution in [0, 0.1) is 6.92 Å². The van der Waals surface area contributed by atoms with Crippen molar-refractivity contribution >= 4 is 5.69 Å². The van der Waals surface area contributed by atoms with Gasteiger partial charge in [-0.1, -0.05) is 36.4 Å². The van der Waals surface area contributed by atoms with Gasteiger partial charge >= 0.3 is 12.4 Å². The zero-order valence-corrected chi connectivity index (χ0v) is 14.5. The number of hydrogen-bond donors (Lipinski definition) is 1. The summed E-state index contributed by atoms with van der Waals surface area (Å²) in [5.74, 6) is 0. The molecule has 0 aromatic heterocycles. The van der Waals surface area contributed by atoms with Gasteiger partial charge in [-0.15, -0.1) is 0 Å². The van der Waals surface area contributed by atoms with Crippen molar-refractivity contribution in [2.45, 2.75) is 38.3 Å². The summed E-state index contributed by atoms with van der Waals surface area (Å²) in [5, 5.41) is 9.46. The maximum atomic E-state index is 12.8. The van der Waals surface area contributed by atoms with E-state index in [4.69, 9.17) is 0 Å². The fourth-order valence-electron chi connectivity index (χ4n) is 2.69. The lowest BCUT2D eigenvalue weighted by Gasteiger charge is -2.29. The molecule has 0 aliphatic heterocycles. The Morgan fingerprint density at radius 1 is 0.926 bits per heavy atom. The van der Waals surface area contributed by atoms with E-state index in [1.165, 1.54) is 23.1 Å². The van der Waals surface area contributed by atoms with E-state index in [1.807, 2.05) is 0 Å². The van der Waals surface area contributed by atoms with Gasteiger partial charge in [0, 0.05) is 12.2 Å². The van der Waals surface area contributed by atoms with Gasteiger partial charge < -0.3 is 10.0 Å². The second kappa shape index (κ2) is 8.21. The van der Waals surface area contributed by atoms with Crippen LogP contribution in [0.25, 0.3) is 0 Å². The predicted octanol–water partition coefficient (Wildman–Crippen LogP) is 5.03. The minimum Gasteiger partial charge on any atom is -0.382 e. The van der Waals surface area contributed by atoms with Crippen molar-refractivity contribution in [1.29, 1.82) is 0 Å². The summed E-state index contributed by atoms with van der Waals surface area (Å²) in [6.45, 7) is 0.977. The van der Waals surface area contributed by atoms with Crippen LogP contribution in [0.2, 0.25) is 0 Å². The Labute approximate surface area is 153 Å². The SMILES string of the molecule is Cc1cccc(N(Cc2cccc(CC(F)(F)F)c2)C[C@@H](O)C(F)(F)F)c1. The minimum atomic E-state index is -4.79. The van der Waals surface area contributed by atoms with Crippen LogP contribution >= 0.6 is 0 Å². The Morgan fingerprint density at radius 3 is 2.15 bits per heavy atom. The summed E-state index contributed by atoms with van der Waals surface area (Å²) >= 11 is 0. The Hall–Kier alpha value is -2.22. The third-order valence-electron chi connectivity index (χ3n) is 3.91. The highest BCUT2D eigenvalue weighted by Gasteiger charge is 2.39. The Balaban J connectivity index is 2.28. The summed E-state index contributed by atoms with van der Waals surface area (Å²) in [5.41, 5.74) is 1.71. The van der Waals surface area contributed by atoms with Gasteiger partial charge in [0.1, 0.15) is 0 Å². The van der Waals surface area contributed by atoms with Crippen molar-refractivity contribution in [3.8, 4) is 0 Å². The molecule has 0 radical (unpaired) electrons. The van der Waals surface area contributed by atoms with Gasteiger partial charge in [0.05, 0.1) is 13.0 Å². The molecule has 0 bridgehead atoms. The van der Waals surface area contributed by atoms with Crippen LogP contribution in [0.15, 0.2) is 48.5 Å². The van der Waals surface area contributed by atoms with E-state index in [9.17, 15) is 31.4 Å². The fourth-order valence-corrected chi connectivity index (χ4v) is 2.69. The molecule has 0 saturated heterocycles. The van der Waals surface area contributed by atoms with Crippen molar-refractivity contribution in [3.63, 3.8) is 0 Å². The van der Waals surface area contributed by atoms with Crippen molar-refractivity contribution in [2.24, 2.45) is 0 Å². The molecule has 148 valence electrons. The molecular formula is C19H19F6NO. The average Bonchev–Trinajstić information content (AvgIpc) is 2.52. The van der Waals surface area contributed by atoms with E-state index < -0.39 is 31.4 Å². The minimum absolute atomic E-state index is 0.0283. The highest BCUT2D eigenvalue weighted by Crippen LogP contribution is 2.26. The molecule has 8 heteroatoms. The van der Waals surface area contributed by atoms with Crippen molar-refractivity contribution in [3.05, 3.63) is 65.2 Å². The van der Waals surface area contributed by atoms with Crippen LogP contribution in [-0.2, 0) is 13.0 Å². The van der Waals surface area contributed by atoms with Crippen LogP contribution in [0.3, 0.4) is 0 Å². The number of rotatable bonds is 6. The van der Waals surface area contributed by atoms with E-state index in [0.717, 1.165) is 5.56 Å². The first-order chi connectivity index (χ1) is 12.4. The summed E-state index contributed by atoms with van der Waals surface area (Å²) < 4.78 is 76.1. The van der Waals surface area contributed by atoms with Gasteiger partial charge in [-0.3, -0.25) is 0 Å². The number of anilines is 1. The maximum absolute atomic E-state index is 12.8. The van der Waals surface area contributed by atoms with Gasteiger partial charge in [-0.05, 0) is 35.7 Å². The van der Waals surface area contributed by atoms with Gasteiger partial charge in [0.25, 0.3) is 0 Å². The highest BCUT2D eigenvalue weighted by atomic mass is 19.4. The largest absolute Gasteiger partial charge is 0.416 e. The van der Waals surface area contributed by atoms with Crippen LogP contribution in [-0.4, -0.2) is 30.1 Å². The second-order valence-electron chi connectivity index (χ2n) is 6.39. The van der Waals surface area contributed by atoms with Gasteiger partial charge in [-0.2, -0.15) is 26.3 Å². The molecule has 0 spiro atoms. The molecule has 0 aliphatic carbocycles. The molecule has 27 heavy (non-hydrogen) atoms. The molecule has 2 aromatic carbocycles. The lowest BCUT2D eigenvalue weighted by Crippen LogP contribution is -2.40. The number of aryl methyl sites for hydroxylation is 1. The fraction of sp³-hybridized carbons (Fsp3) is 0.368. The summed E-state index contributed by atoms with van der Waals surface area (Å²) in [6.07, 6.45) is -12.9. The average molecular weight is 391 g/mol. The molecule has 2 aromatic rings. The lowest BCUT2D eigenvalue weighted by molar-refractivity contribution is -0.200. The molecule has 0 aliphatic rings. The molecule has 0 heterocycles. The highest BCUT2D eigenvalue weighted by molar-refractivity contribution is 5.49. The van der Waals surface area contributed by atoms with Gasteiger partial charge in [0.15, 0.2) is 6.10 Å². The Morgan fingerprint density at radius 2 is 1.56 bits per heavy atom. The van der Waals surface area contributed by atoms with Crippen molar-refractivity contribution in [1.82, 2.24) is 0 Å². The predicted molar refractivity (Wildman–Crippen MR) is 90.5 cm³/mol. The molecule has 2 rings (SSSR count). The topological polar surface area (TPSA) is 23.5 Å². The zero-order chi connectivity index (χ0) is 20.2. The molecule has 1 N–H and O–H groups in total. The number of aliphatic hydroxyl groups excluding tert-OH is 1. The number of benzene rings is 2. The number of aliphatic hydroxyl groups is 1. The monoisotopic (exact) mass is 391 g/mol.